The lowest BCUT2D eigenvalue weighted by molar-refractivity contribution is -0.121. The van der Waals surface area contributed by atoms with Crippen molar-refractivity contribution >= 4 is 17.6 Å². The van der Waals surface area contributed by atoms with E-state index in [1.165, 1.54) is 7.11 Å². The van der Waals surface area contributed by atoms with Gasteiger partial charge in [-0.15, -0.1) is 0 Å². The molecule has 0 saturated carbocycles. The van der Waals surface area contributed by atoms with Crippen LogP contribution in [0.4, 0.5) is 5.69 Å². The third-order valence-electron chi connectivity index (χ3n) is 2.43. The first-order chi connectivity index (χ1) is 9.06. The van der Waals surface area contributed by atoms with Gasteiger partial charge in [0.15, 0.2) is 0 Å². The normalized spacial score (nSPS) is 10.2. The summed E-state index contributed by atoms with van der Waals surface area (Å²) >= 11 is 0. The fourth-order valence-electron chi connectivity index (χ4n) is 1.55. The van der Waals surface area contributed by atoms with Gasteiger partial charge in [0.1, 0.15) is 6.61 Å². The van der Waals surface area contributed by atoms with Gasteiger partial charge in [0, 0.05) is 7.11 Å². The zero-order chi connectivity index (χ0) is 14.3. The second-order valence-electron chi connectivity index (χ2n) is 3.90. The molecule has 2 N–H and O–H groups in total. The Labute approximate surface area is 111 Å². The fraction of sp³-hybridized carbons (Fsp3) is 0.385. The van der Waals surface area contributed by atoms with Crippen LogP contribution in [0.15, 0.2) is 18.2 Å². The number of anilines is 1. The first-order valence-corrected chi connectivity index (χ1v) is 5.75. The van der Waals surface area contributed by atoms with Crippen molar-refractivity contribution < 1.29 is 24.2 Å². The zero-order valence-electron chi connectivity index (χ0n) is 10.9. The molecule has 1 aromatic carbocycles. The van der Waals surface area contributed by atoms with Gasteiger partial charge in [0.2, 0.25) is 5.91 Å². The Balaban J connectivity index is 2.64. The smallest absolute Gasteiger partial charge is 0.338 e. The van der Waals surface area contributed by atoms with Crippen LogP contribution >= 0.6 is 0 Å². The zero-order valence-corrected chi connectivity index (χ0v) is 10.9. The minimum Gasteiger partial charge on any atom is -0.478 e. The van der Waals surface area contributed by atoms with E-state index in [2.05, 4.69) is 5.32 Å². The number of carboxylic acids is 1. The van der Waals surface area contributed by atoms with Crippen LogP contribution < -0.4 is 5.32 Å². The van der Waals surface area contributed by atoms with Crippen LogP contribution in [-0.2, 0) is 14.3 Å². The van der Waals surface area contributed by atoms with Crippen molar-refractivity contribution in [3.05, 3.63) is 29.3 Å². The van der Waals surface area contributed by atoms with Gasteiger partial charge in [-0.1, -0.05) is 12.1 Å². The van der Waals surface area contributed by atoms with Gasteiger partial charge in [0.25, 0.3) is 0 Å². The summed E-state index contributed by atoms with van der Waals surface area (Å²) in [4.78, 5) is 22.7. The van der Waals surface area contributed by atoms with Crippen LogP contribution in [0.5, 0.6) is 0 Å². The number of rotatable bonds is 7. The number of hydrogen-bond donors (Lipinski definition) is 2. The van der Waals surface area contributed by atoms with Crippen molar-refractivity contribution in [2.75, 3.05) is 32.2 Å². The number of nitrogens with one attached hydrogen (secondary N) is 1. The van der Waals surface area contributed by atoms with Crippen LogP contribution in [0, 0.1) is 6.92 Å². The fourth-order valence-corrected chi connectivity index (χ4v) is 1.55. The first kappa shape index (κ1) is 15.1. The molecular weight excluding hydrogens is 250 g/mol. The van der Waals surface area contributed by atoms with Crippen LogP contribution in [0.3, 0.4) is 0 Å². The molecule has 0 unspecified atom stereocenters. The number of carboxylic acid groups (broad SMARTS) is 1. The third kappa shape index (κ3) is 4.69. The van der Waals surface area contributed by atoms with E-state index in [0.29, 0.717) is 18.8 Å². The summed E-state index contributed by atoms with van der Waals surface area (Å²) in [6, 6.07) is 4.90. The number of amides is 1. The van der Waals surface area contributed by atoms with Crippen LogP contribution in [0.2, 0.25) is 0 Å². The lowest BCUT2D eigenvalue weighted by Gasteiger charge is -2.10. The second-order valence-corrected chi connectivity index (χ2v) is 3.90. The summed E-state index contributed by atoms with van der Waals surface area (Å²) in [7, 11) is 1.54. The van der Waals surface area contributed by atoms with Crippen LogP contribution in [0.1, 0.15) is 15.9 Å². The maximum absolute atomic E-state index is 11.6. The van der Waals surface area contributed by atoms with Crippen molar-refractivity contribution in [3.8, 4) is 0 Å². The number of methoxy groups -OCH3 is 1. The lowest BCUT2D eigenvalue weighted by atomic mass is 10.1. The summed E-state index contributed by atoms with van der Waals surface area (Å²) in [6.07, 6.45) is 0. The van der Waals surface area contributed by atoms with Gasteiger partial charge < -0.3 is 19.9 Å². The highest BCUT2D eigenvalue weighted by Gasteiger charge is 2.14. The summed E-state index contributed by atoms with van der Waals surface area (Å²) in [5.41, 5.74) is 0.950. The average molecular weight is 267 g/mol. The maximum atomic E-state index is 11.6. The van der Waals surface area contributed by atoms with Crippen LogP contribution in [-0.4, -0.2) is 43.9 Å². The Morgan fingerprint density at radius 3 is 2.68 bits per heavy atom. The molecule has 0 aliphatic carbocycles. The van der Waals surface area contributed by atoms with E-state index >= 15 is 0 Å². The summed E-state index contributed by atoms with van der Waals surface area (Å²) in [5.74, 6) is -1.47. The molecule has 0 aromatic heterocycles. The third-order valence-corrected chi connectivity index (χ3v) is 2.43. The van der Waals surface area contributed by atoms with Crippen LogP contribution in [0.25, 0.3) is 0 Å². The van der Waals surface area contributed by atoms with E-state index in [1.54, 1.807) is 25.1 Å². The maximum Gasteiger partial charge on any atom is 0.338 e. The highest BCUT2D eigenvalue weighted by molar-refractivity contribution is 6.01. The Bertz CT molecular complexity index is 458. The molecule has 104 valence electrons. The Kier molecular flexibility index (Phi) is 5.98. The SMILES string of the molecule is COCCOCC(=O)Nc1cccc(C)c1C(=O)O. The van der Waals surface area contributed by atoms with E-state index in [4.69, 9.17) is 14.6 Å². The predicted octanol–water partition coefficient (Wildman–Crippen LogP) is 1.29. The number of aromatic carboxylic acids is 1. The van der Waals surface area contributed by atoms with Crippen molar-refractivity contribution in [2.24, 2.45) is 0 Å². The molecule has 6 nitrogen and oxygen atoms in total. The minimum absolute atomic E-state index is 0.0905. The molecule has 0 saturated heterocycles. The lowest BCUT2D eigenvalue weighted by Crippen LogP contribution is -2.21. The van der Waals surface area contributed by atoms with E-state index in [0.717, 1.165) is 0 Å². The summed E-state index contributed by atoms with van der Waals surface area (Å²) < 4.78 is 9.83. The molecule has 0 atom stereocenters. The number of hydrogen-bond acceptors (Lipinski definition) is 4. The largest absolute Gasteiger partial charge is 0.478 e. The van der Waals surface area contributed by atoms with E-state index in [-0.39, 0.29) is 17.9 Å². The first-order valence-electron chi connectivity index (χ1n) is 5.75. The molecular formula is C13H17NO5. The van der Waals surface area contributed by atoms with E-state index in [9.17, 15) is 9.59 Å². The summed E-state index contributed by atoms with van der Waals surface area (Å²) in [6.45, 7) is 2.24. The second kappa shape index (κ2) is 7.50. The minimum atomic E-state index is -1.08. The Morgan fingerprint density at radius 1 is 1.32 bits per heavy atom. The Hall–Kier alpha value is -1.92. The molecule has 0 spiro atoms. The highest BCUT2D eigenvalue weighted by atomic mass is 16.5. The van der Waals surface area contributed by atoms with Crippen molar-refractivity contribution in [2.45, 2.75) is 6.92 Å². The molecule has 1 rings (SSSR count). The molecule has 1 aromatic rings. The quantitative estimate of drug-likeness (QED) is 0.727. The highest BCUT2D eigenvalue weighted by Crippen LogP contribution is 2.19. The van der Waals surface area contributed by atoms with Gasteiger partial charge in [-0.3, -0.25) is 4.79 Å². The molecule has 0 heterocycles. The molecule has 6 heteroatoms. The molecule has 1 amide bonds. The molecule has 0 fully saturated rings. The van der Waals surface area contributed by atoms with E-state index < -0.39 is 11.9 Å². The van der Waals surface area contributed by atoms with Crippen molar-refractivity contribution in [1.82, 2.24) is 0 Å². The van der Waals surface area contributed by atoms with Gasteiger partial charge in [0.05, 0.1) is 24.5 Å². The number of carbonyl (C=O) groups is 2. The molecule has 0 bridgehead atoms. The number of ether oxygens (including phenoxy) is 2. The van der Waals surface area contributed by atoms with E-state index in [1.807, 2.05) is 0 Å². The summed E-state index contributed by atoms with van der Waals surface area (Å²) in [5, 5.41) is 11.6. The molecule has 19 heavy (non-hydrogen) atoms. The number of benzene rings is 1. The number of aryl methyl sites for hydroxylation is 1. The molecule has 0 radical (unpaired) electrons. The molecule has 0 aliphatic heterocycles. The van der Waals surface area contributed by atoms with Gasteiger partial charge in [-0.05, 0) is 18.6 Å². The Morgan fingerprint density at radius 2 is 2.05 bits per heavy atom. The molecule has 0 aliphatic rings. The van der Waals surface area contributed by atoms with Gasteiger partial charge >= 0.3 is 5.97 Å². The van der Waals surface area contributed by atoms with Gasteiger partial charge in [-0.25, -0.2) is 4.79 Å². The monoisotopic (exact) mass is 267 g/mol. The van der Waals surface area contributed by atoms with Crippen molar-refractivity contribution in [3.63, 3.8) is 0 Å². The number of carbonyl (C=O) groups excluding carboxylic acids is 1. The average Bonchev–Trinajstić information content (AvgIpc) is 2.34. The predicted molar refractivity (Wildman–Crippen MR) is 69.5 cm³/mol. The van der Waals surface area contributed by atoms with Crippen molar-refractivity contribution in [1.29, 1.82) is 0 Å². The topological polar surface area (TPSA) is 84.9 Å². The standard InChI is InChI=1S/C13H17NO5/c1-9-4-3-5-10(12(9)13(16)17)14-11(15)8-19-7-6-18-2/h3-5H,6-8H2,1-2H3,(H,14,15)(H,16,17). The van der Waals surface area contributed by atoms with Gasteiger partial charge in [-0.2, -0.15) is 0 Å².